The summed E-state index contributed by atoms with van der Waals surface area (Å²) in [4.78, 5) is 29.3. The Morgan fingerprint density at radius 1 is 1.05 bits per heavy atom. The number of carboxylic acid groups (broad SMARTS) is 1. The molecule has 1 fully saturated rings. The minimum absolute atomic E-state index is 0.0365. The molecule has 1 N–H and O–H groups in total. The van der Waals surface area contributed by atoms with Crippen molar-refractivity contribution in [3.8, 4) is 6.07 Å². The van der Waals surface area contributed by atoms with Crippen LogP contribution in [0.15, 0.2) is 47.0 Å². The SMILES string of the molecule is CCc1c(C(=O)O)oc2ccc(N3CCN(CCCCc4cn(C(=O)OC(C)(C)C)c5ccc(C#N)cc45)CC3)cc12. The van der Waals surface area contributed by atoms with Crippen molar-refractivity contribution in [1.82, 2.24) is 9.47 Å². The van der Waals surface area contributed by atoms with Gasteiger partial charge in [-0.1, -0.05) is 6.92 Å². The highest BCUT2D eigenvalue weighted by Gasteiger charge is 2.23. The third-order valence-electron chi connectivity index (χ3n) is 7.84. The van der Waals surface area contributed by atoms with E-state index >= 15 is 0 Å². The molecule has 42 heavy (non-hydrogen) atoms. The molecular formula is C33H38N4O5. The molecule has 0 bridgehead atoms. The van der Waals surface area contributed by atoms with Gasteiger partial charge in [-0.25, -0.2) is 9.59 Å². The van der Waals surface area contributed by atoms with E-state index in [-0.39, 0.29) is 5.76 Å². The highest BCUT2D eigenvalue weighted by molar-refractivity contribution is 5.96. The maximum Gasteiger partial charge on any atom is 0.419 e. The van der Waals surface area contributed by atoms with E-state index in [9.17, 15) is 20.0 Å². The molecule has 5 rings (SSSR count). The van der Waals surface area contributed by atoms with E-state index in [1.807, 2.05) is 58.2 Å². The van der Waals surface area contributed by atoms with Crippen LogP contribution in [0.1, 0.15) is 67.8 Å². The third kappa shape index (κ3) is 6.14. The summed E-state index contributed by atoms with van der Waals surface area (Å²) in [6.07, 6.45) is 4.85. The fourth-order valence-electron chi connectivity index (χ4n) is 5.77. The first-order chi connectivity index (χ1) is 20.1. The number of unbranched alkanes of at least 4 members (excludes halogenated alkanes) is 1. The first kappa shape index (κ1) is 29.2. The zero-order chi connectivity index (χ0) is 30.0. The first-order valence-corrected chi connectivity index (χ1v) is 14.6. The number of rotatable bonds is 8. The number of aromatic carboxylic acids is 1. The van der Waals surface area contributed by atoms with Gasteiger partial charge in [0.15, 0.2) is 0 Å². The third-order valence-corrected chi connectivity index (χ3v) is 7.84. The van der Waals surface area contributed by atoms with E-state index < -0.39 is 17.7 Å². The summed E-state index contributed by atoms with van der Waals surface area (Å²) in [6.45, 7) is 12.2. The summed E-state index contributed by atoms with van der Waals surface area (Å²) in [5.41, 5.74) is 4.23. The summed E-state index contributed by atoms with van der Waals surface area (Å²) < 4.78 is 12.8. The van der Waals surface area contributed by atoms with Gasteiger partial charge in [-0.15, -0.1) is 0 Å². The molecule has 2 aromatic carbocycles. The van der Waals surface area contributed by atoms with Gasteiger partial charge in [0.05, 0.1) is 17.1 Å². The topological polar surface area (TPSA) is 112 Å². The number of hydrogen-bond acceptors (Lipinski definition) is 7. The van der Waals surface area contributed by atoms with Gasteiger partial charge >= 0.3 is 12.1 Å². The number of furan rings is 1. The molecule has 1 saturated heterocycles. The number of piperazine rings is 1. The van der Waals surface area contributed by atoms with Crippen LogP contribution >= 0.6 is 0 Å². The van der Waals surface area contributed by atoms with Gasteiger partial charge in [0.2, 0.25) is 5.76 Å². The van der Waals surface area contributed by atoms with Crippen molar-refractivity contribution in [3.63, 3.8) is 0 Å². The lowest BCUT2D eigenvalue weighted by Gasteiger charge is -2.36. The molecule has 0 unspecified atom stereocenters. The van der Waals surface area contributed by atoms with Crippen LogP contribution in [-0.4, -0.2) is 65.0 Å². The number of ether oxygens (including phenoxy) is 1. The van der Waals surface area contributed by atoms with Crippen molar-refractivity contribution in [2.45, 2.75) is 59.0 Å². The molecule has 1 aliphatic heterocycles. The lowest BCUT2D eigenvalue weighted by Crippen LogP contribution is -2.46. The van der Waals surface area contributed by atoms with Crippen LogP contribution < -0.4 is 4.90 Å². The van der Waals surface area contributed by atoms with Gasteiger partial charge in [0, 0.05) is 54.4 Å². The highest BCUT2D eigenvalue weighted by atomic mass is 16.6. The molecule has 2 aromatic heterocycles. The average Bonchev–Trinajstić information content (AvgIpc) is 3.52. The predicted molar refractivity (Wildman–Crippen MR) is 162 cm³/mol. The molecule has 3 heterocycles. The number of carbonyl (C=O) groups is 2. The summed E-state index contributed by atoms with van der Waals surface area (Å²) >= 11 is 0. The number of nitriles is 1. The standard InChI is InChI=1S/C33H38N4O5/c1-5-25-27-19-24(10-12-29(27)41-30(25)31(38)39)36-16-14-35(15-17-36)13-7-6-8-23-21-37(32(40)42-33(2,3)4)28-11-9-22(20-34)18-26(23)28/h9-12,18-19,21H,5-8,13-17H2,1-4H3,(H,38,39). The Morgan fingerprint density at radius 3 is 2.48 bits per heavy atom. The average molecular weight is 571 g/mol. The highest BCUT2D eigenvalue weighted by Crippen LogP contribution is 2.31. The zero-order valence-electron chi connectivity index (χ0n) is 24.8. The summed E-state index contributed by atoms with van der Waals surface area (Å²) in [5.74, 6) is -0.992. The predicted octanol–water partition coefficient (Wildman–Crippen LogP) is 6.45. The van der Waals surface area contributed by atoms with E-state index in [1.165, 1.54) is 0 Å². The Bertz CT molecular complexity index is 1660. The fourth-order valence-corrected chi connectivity index (χ4v) is 5.77. The Balaban J connectivity index is 1.18. The molecule has 4 aromatic rings. The Hall–Kier alpha value is -4.29. The van der Waals surface area contributed by atoms with Crippen molar-refractivity contribution in [1.29, 1.82) is 5.26 Å². The summed E-state index contributed by atoms with van der Waals surface area (Å²) in [7, 11) is 0. The van der Waals surface area contributed by atoms with Crippen molar-refractivity contribution >= 4 is 39.6 Å². The lowest BCUT2D eigenvalue weighted by atomic mass is 10.0. The first-order valence-electron chi connectivity index (χ1n) is 14.6. The Kier molecular flexibility index (Phi) is 8.28. The number of aromatic nitrogens is 1. The van der Waals surface area contributed by atoms with Crippen molar-refractivity contribution in [2.75, 3.05) is 37.6 Å². The van der Waals surface area contributed by atoms with Gasteiger partial charge in [-0.05, 0) is 95.0 Å². The van der Waals surface area contributed by atoms with Crippen LogP contribution in [0, 0.1) is 11.3 Å². The maximum atomic E-state index is 12.9. The molecule has 0 radical (unpaired) electrons. The summed E-state index contributed by atoms with van der Waals surface area (Å²) in [5, 5.41) is 20.7. The molecule has 0 amide bonds. The Labute approximate surface area is 245 Å². The van der Waals surface area contributed by atoms with Gasteiger partial charge in [0.1, 0.15) is 11.2 Å². The molecule has 0 aliphatic carbocycles. The number of hydrogen-bond donors (Lipinski definition) is 1. The minimum Gasteiger partial charge on any atom is -0.475 e. The van der Waals surface area contributed by atoms with E-state index in [1.54, 1.807) is 10.6 Å². The quantitative estimate of drug-likeness (QED) is 0.241. The number of anilines is 1. The molecule has 9 heteroatoms. The van der Waals surface area contributed by atoms with E-state index in [0.717, 1.165) is 85.1 Å². The van der Waals surface area contributed by atoms with Gasteiger partial charge in [-0.2, -0.15) is 5.26 Å². The molecule has 220 valence electrons. The van der Waals surface area contributed by atoms with E-state index in [4.69, 9.17) is 9.15 Å². The number of fused-ring (bicyclic) bond motifs is 2. The second kappa shape index (κ2) is 11.9. The number of benzene rings is 2. The number of carbonyl (C=O) groups excluding carboxylic acids is 1. The molecule has 0 spiro atoms. The lowest BCUT2D eigenvalue weighted by molar-refractivity contribution is 0.0543. The van der Waals surface area contributed by atoms with Crippen LogP contribution in [0.4, 0.5) is 10.5 Å². The minimum atomic E-state index is -1.03. The molecule has 0 saturated carbocycles. The van der Waals surface area contributed by atoms with Gasteiger partial charge < -0.3 is 19.2 Å². The van der Waals surface area contributed by atoms with Crippen LogP contribution in [0.5, 0.6) is 0 Å². The van der Waals surface area contributed by atoms with Crippen LogP contribution in [0.3, 0.4) is 0 Å². The normalized spacial score (nSPS) is 14.4. The van der Waals surface area contributed by atoms with Gasteiger partial charge in [-0.3, -0.25) is 9.47 Å². The molecular weight excluding hydrogens is 532 g/mol. The smallest absolute Gasteiger partial charge is 0.419 e. The summed E-state index contributed by atoms with van der Waals surface area (Å²) in [6, 6.07) is 13.6. The van der Waals surface area contributed by atoms with E-state index in [0.29, 0.717) is 17.6 Å². The fraction of sp³-hybridized carbons (Fsp3) is 0.424. The second-order valence-corrected chi connectivity index (χ2v) is 11.9. The van der Waals surface area contributed by atoms with Crippen molar-refractivity contribution < 1.29 is 23.8 Å². The monoisotopic (exact) mass is 570 g/mol. The number of aryl methyl sites for hydroxylation is 2. The van der Waals surface area contributed by atoms with Crippen LogP contribution in [0.2, 0.25) is 0 Å². The molecule has 0 atom stereocenters. The number of carboxylic acids is 1. The van der Waals surface area contributed by atoms with Crippen molar-refractivity contribution in [3.05, 3.63) is 65.0 Å². The molecule has 9 nitrogen and oxygen atoms in total. The number of nitrogens with zero attached hydrogens (tertiary/aromatic N) is 4. The van der Waals surface area contributed by atoms with Crippen molar-refractivity contribution in [2.24, 2.45) is 0 Å². The largest absolute Gasteiger partial charge is 0.475 e. The van der Waals surface area contributed by atoms with Crippen LogP contribution in [-0.2, 0) is 17.6 Å². The Morgan fingerprint density at radius 2 is 1.81 bits per heavy atom. The molecule has 1 aliphatic rings. The second-order valence-electron chi connectivity index (χ2n) is 11.9. The van der Waals surface area contributed by atoms with Crippen LogP contribution in [0.25, 0.3) is 21.9 Å². The van der Waals surface area contributed by atoms with Gasteiger partial charge in [0.25, 0.3) is 0 Å². The zero-order valence-corrected chi connectivity index (χ0v) is 24.8. The maximum absolute atomic E-state index is 12.9. The van der Waals surface area contributed by atoms with E-state index in [2.05, 4.69) is 21.9 Å².